The van der Waals surface area contributed by atoms with Gasteiger partial charge in [-0.2, -0.15) is 0 Å². The predicted octanol–water partition coefficient (Wildman–Crippen LogP) is 2.67. The van der Waals surface area contributed by atoms with Gasteiger partial charge in [0, 0.05) is 12.2 Å². The van der Waals surface area contributed by atoms with Gasteiger partial charge in [0.25, 0.3) is 0 Å². The van der Waals surface area contributed by atoms with E-state index in [4.69, 9.17) is 5.73 Å². The van der Waals surface area contributed by atoms with Gasteiger partial charge in [-0.3, -0.25) is 0 Å². The highest BCUT2D eigenvalue weighted by molar-refractivity contribution is 7.89. The van der Waals surface area contributed by atoms with Gasteiger partial charge in [0.1, 0.15) is 0 Å². The van der Waals surface area contributed by atoms with Crippen molar-refractivity contribution in [1.82, 2.24) is 4.72 Å². The molecule has 0 radical (unpaired) electrons. The molecule has 2 aromatic carbocycles. The molecule has 0 aliphatic heterocycles. The van der Waals surface area contributed by atoms with Gasteiger partial charge in [-0.15, -0.1) is 0 Å². The van der Waals surface area contributed by atoms with Gasteiger partial charge >= 0.3 is 0 Å². The maximum atomic E-state index is 12.3. The SMILES string of the molecule is Cc1ccc(CNS(=O)(=O)c2cc(C)c(C)c(N)c2)cc1. The molecule has 0 unspecified atom stereocenters. The van der Waals surface area contributed by atoms with Crippen molar-refractivity contribution in [3.63, 3.8) is 0 Å². The fraction of sp³-hybridized carbons (Fsp3) is 0.250. The third-order valence-corrected chi connectivity index (χ3v) is 4.96. The van der Waals surface area contributed by atoms with Crippen LogP contribution in [0.4, 0.5) is 5.69 Å². The molecule has 0 aliphatic carbocycles. The Balaban J connectivity index is 2.20. The van der Waals surface area contributed by atoms with Crippen LogP contribution in [0.15, 0.2) is 41.3 Å². The first kappa shape index (κ1) is 15.5. The normalized spacial score (nSPS) is 11.6. The van der Waals surface area contributed by atoms with Crippen LogP contribution < -0.4 is 10.5 Å². The van der Waals surface area contributed by atoms with Crippen molar-refractivity contribution >= 4 is 15.7 Å². The summed E-state index contributed by atoms with van der Waals surface area (Å²) in [7, 11) is -3.56. The van der Waals surface area contributed by atoms with Crippen LogP contribution in [0.25, 0.3) is 0 Å². The van der Waals surface area contributed by atoms with Gasteiger partial charge in [0.15, 0.2) is 0 Å². The predicted molar refractivity (Wildman–Crippen MR) is 85.5 cm³/mol. The van der Waals surface area contributed by atoms with E-state index in [1.165, 1.54) is 6.07 Å². The summed E-state index contributed by atoms with van der Waals surface area (Å²) in [6.45, 7) is 5.98. The lowest BCUT2D eigenvalue weighted by Gasteiger charge is -2.11. The zero-order valence-corrected chi connectivity index (χ0v) is 13.3. The Morgan fingerprint density at radius 2 is 1.67 bits per heavy atom. The van der Waals surface area contributed by atoms with Gasteiger partial charge in [-0.05, 0) is 49.6 Å². The maximum absolute atomic E-state index is 12.3. The molecule has 112 valence electrons. The molecule has 0 saturated heterocycles. The van der Waals surface area contributed by atoms with Crippen LogP contribution in [0, 0.1) is 20.8 Å². The number of nitrogen functional groups attached to an aromatic ring is 1. The largest absolute Gasteiger partial charge is 0.398 e. The number of aryl methyl sites for hydroxylation is 2. The summed E-state index contributed by atoms with van der Waals surface area (Å²) in [5.41, 5.74) is 10.2. The first-order chi connectivity index (χ1) is 9.79. The van der Waals surface area contributed by atoms with Crippen molar-refractivity contribution in [2.24, 2.45) is 0 Å². The number of hydrogen-bond donors (Lipinski definition) is 2. The second-order valence-corrected chi connectivity index (χ2v) is 7.03. The van der Waals surface area contributed by atoms with Crippen molar-refractivity contribution in [2.75, 3.05) is 5.73 Å². The lowest BCUT2D eigenvalue weighted by atomic mass is 10.1. The monoisotopic (exact) mass is 304 g/mol. The van der Waals surface area contributed by atoms with E-state index in [9.17, 15) is 8.42 Å². The smallest absolute Gasteiger partial charge is 0.240 e. The molecule has 0 fully saturated rings. The number of hydrogen-bond acceptors (Lipinski definition) is 3. The van der Waals surface area contributed by atoms with Crippen molar-refractivity contribution < 1.29 is 8.42 Å². The molecule has 2 aromatic rings. The van der Waals surface area contributed by atoms with Crippen molar-refractivity contribution in [2.45, 2.75) is 32.2 Å². The van der Waals surface area contributed by atoms with Gasteiger partial charge in [0.05, 0.1) is 4.90 Å². The molecule has 0 saturated carbocycles. The Labute approximate surface area is 126 Å². The summed E-state index contributed by atoms with van der Waals surface area (Å²) in [5, 5.41) is 0. The summed E-state index contributed by atoms with van der Waals surface area (Å²) >= 11 is 0. The second kappa shape index (κ2) is 5.87. The van der Waals surface area contributed by atoms with E-state index in [0.717, 1.165) is 22.3 Å². The highest BCUT2D eigenvalue weighted by atomic mass is 32.2. The molecule has 5 heteroatoms. The third kappa shape index (κ3) is 3.62. The standard InChI is InChI=1S/C16H20N2O2S/c1-11-4-6-14(7-5-11)10-18-21(19,20)15-8-12(2)13(3)16(17)9-15/h4-9,18H,10,17H2,1-3H3. The molecule has 2 rings (SSSR count). The van der Waals surface area contributed by atoms with Crippen LogP contribution in [0.3, 0.4) is 0 Å². The minimum absolute atomic E-state index is 0.204. The Kier molecular flexibility index (Phi) is 4.34. The molecule has 0 heterocycles. The minimum Gasteiger partial charge on any atom is -0.398 e. The van der Waals surface area contributed by atoms with E-state index in [2.05, 4.69) is 4.72 Å². The number of nitrogens with one attached hydrogen (secondary N) is 1. The maximum Gasteiger partial charge on any atom is 0.240 e. The number of sulfonamides is 1. The Hall–Kier alpha value is -1.85. The molecule has 21 heavy (non-hydrogen) atoms. The molecule has 0 atom stereocenters. The zero-order chi connectivity index (χ0) is 15.6. The first-order valence-corrected chi connectivity index (χ1v) is 8.20. The Bertz CT molecular complexity index is 727. The quantitative estimate of drug-likeness (QED) is 0.853. The average molecular weight is 304 g/mol. The second-order valence-electron chi connectivity index (χ2n) is 5.26. The number of nitrogens with two attached hydrogens (primary N) is 1. The summed E-state index contributed by atoms with van der Waals surface area (Å²) in [6.07, 6.45) is 0. The summed E-state index contributed by atoms with van der Waals surface area (Å²) in [6, 6.07) is 10.9. The van der Waals surface area contributed by atoms with E-state index in [0.29, 0.717) is 5.69 Å². The number of anilines is 1. The summed E-state index contributed by atoms with van der Waals surface area (Å²) < 4.78 is 27.2. The van der Waals surface area contributed by atoms with Gasteiger partial charge in [-0.25, -0.2) is 13.1 Å². The van der Waals surface area contributed by atoms with E-state index < -0.39 is 10.0 Å². The van der Waals surface area contributed by atoms with E-state index >= 15 is 0 Å². The lowest BCUT2D eigenvalue weighted by Crippen LogP contribution is -2.23. The molecule has 0 spiro atoms. The molecule has 0 amide bonds. The molecular formula is C16H20N2O2S. The fourth-order valence-electron chi connectivity index (χ4n) is 1.98. The van der Waals surface area contributed by atoms with E-state index in [1.54, 1.807) is 6.07 Å². The molecule has 4 nitrogen and oxygen atoms in total. The van der Waals surface area contributed by atoms with Crippen LogP contribution >= 0.6 is 0 Å². The number of benzene rings is 2. The molecule has 3 N–H and O–H groups in total. The Morgan fingerprint density at radius 3 is 2.24 bits per heavy atom. The summed E-state index contributed by atoms with van der Waals surface area (Å²) in [5.74, 6) is 0. The Morgan fingerprint density at radius 1 is 1.05 bits per heavy atom. The van der Waals surface area contributed by atoms with E-state index in [1.807, 2.05) is 45.0 Å². The lowest BCUT2D eigenvalue weighted by molar-refractivity contribution is 0.581. The first-order valence-electron chi connectivity index (χ1n) is 6.71. The zero-order valence-electron chi connectivity index (χ0n) is 12.5. The van der Waals surface area contributed by atoms with Gasteiger partial charge < -0.3 is 5.73 Å². The molecule has 0 aliphatic rings. The van der Waals surface area contributed by atoms with Crippen LogP contribution in [0.2, 0.25) is 0 Å². The fourth-order valence-corrected chi connectivity index (χ4v) is 3.11. The van der Waals surface area contributed by atoms with E-state index in [-0.39, 0.29) is 11.4 Å². The van der Waals surface area contributed by atoms with Crippen LogP contribution in [-0.2, 0) is 16.6 Å². The average Bonchev–Trinajstić information content (AvgIpc) is 2.43. The van der Waals surface area contributed by atoms with Crippen LogP contribution in [-0.4, -0.2) is 8.42 Å². The third-order valence-electron chi connectivity index (χ3n) is 3.58. The van der Waals surface area contributed by atoms with Crippen LogP contribution in [0.5, 0.6) is 0 Å². The minimum atomic E-state index is -3.56. The van der Waals surface area contributed by atoms with Crippen molar-refractivity contribution in [1.29, 1.82) is 0 Å². The van der Waals surface area contributed by atoms with Crippen molar-refractivity contribution in [3.05, 3.63) is 58.7 Å². The molecular weight excluding hydrogens is 284 g/mol. The topological polar surface area (TPSA) is 72.2 Å². The highest BCUT2D eigenvalue weighted by Gasteiger charge is 2.16. The van der Waals surface area contributed by atoms with Crippen molar-refractivity contribution in [3.8, 4) is 0 Å². The molecule has 0 bridgehead atoms. The highest BCUT2D eigenvalue weighted by Crippen LogP contribution is 2.21. The van der Waals surface area contributed by atoms with Gasteiger partial charge in [0.2, 0.25) is 10.0 Å². The van der Waals surface area contributed by atoms with Crippen LogP contribution in [0.1, 0.15) is 22.3 Å². The van der Waals surface area contributed by atoms with Gasteiger partial charge in [-0.1, -0.05) is 29.8 Å². The summed E-state index contributed by atoms with van der Waals surface area (Å²) in [4.78, 5) is 0.204. The number of rotatable bonds is 4. The molecule has 0 aromatic heterocycles.